The number of hydrogen-bond donors (Lipinski definition) is 6. The molecule has 7 N–H and O–H groups in total. The van der Waals surface area contributed by atoms with Crippen LogP contribution in [-0.2, 0) is 14.4 Å². The lowest BCUT2D eigenvalue weighted by atomic mass is 9.97. The molecule has 9 nitrogen and oxygen atoms in total. The normalized spacial score (nSPS) is 17.7. The number of carbonyl (C=O) groups excluding carboxylic acids is 2. The summed E-state index contributed by atoms with van der Waals surface area (Å²) in [4.78, 5) is 34.9. The number of aliphatic hydroxyl groups is 2. The van der Waals surface area contributed by atoms with Gasteiger partial charge in [0.05, 0.1) is 12.7 Å². The minimum Gasteiger partial charge on any atom is -0.480 e. The monoisotopic (exact) mass is 319 g/mol. The van der Waals surface area contributed by atoms with Crippen LogP contribution in [0.25, 0.3) is 0 Å². The molecule has 9 heteroatoms. The highest BCUT2D eigenvalue weighted by atomic mass is 16.4. The number of nitrogens with one attached hydrogen (secondary N) is 2. The van der Waals surface area contributed by atoms with Crippen molar-refractivity contribution in [3.05, 3.63) is 0 Å². The predicted octanol–water partition coefficient (Wildman–Crippen LogP) is -2.21. The molecule has 0 saturated heterocycles. The fourth-order valence-electron chi connectivity index (χ4n) is 1.68. The van der Waals surface area contributed by atoms with Gasteiger partial charge >= 0.3 is 5.97 Å². The van der Waals surface area contributed by atoms with Gasteiger partial charge in [0.15, 0.2) is 6.04 Å². The van der Waals surface area contributed by atoms with E-state index >= 15 is 0 Å². The molecule has 0 saturated carbocycles. The third kappa shape index (κ3) is 5.96. The van der Waals surface area contributed by atoms with E-state index in [1.165, 1.54) is 6.92 Å². The smallest absolute Gasteiger partial charge is 0.328 e. The highest BCUT2D eigenvalue weighted by Gasteiger charge is 2.32. The second-order valence-corrected chi connectivity index (χ2v) is 5.23. The Labute approximate surface area is 128 Å². The molecule has 0 rings (SSSR count). The van der Waals surface area contributed by atoms with Gasteiger partial charge in [0.1, 0.15) is 12.1 Å². The topological polar surface area (TPSA) is 162 Å². The Bertz CT molecular complexity index is 401. The fourth-order valence-corrected chi connectivity index (χ4v) is 1.68. The molecule has 0 fully saturated rings. The lowest BCUT2D eigenvalue weighted by Gasteiger charge is -2.27. The van der Waals surface area contributed by atoms with Crippen LogP contribution in [0.2, 0.25) is 0 Å². The van der Waals surface area contributed by atoms with E-state index < -0.39 is 48.6 Å². The van der Waals surface area contributed by atoms with Crippen molar-refractivity contribution >= 4 is 17.8 Å². The van der Waals surface area contributed by atoms with Crippen LogP contribution in [0.5, 0.6) is 0 Å². The molecule has 0 spiro atoms. The van der Waals surface area contributed by atoms with Crippen molar-refractivity contribution in [2.75, 3.05) is 6.61 Å². The maximum absolute atomic E-state index is 12.2. The number of rotatable bonds is 9. The molecule has 0 aliphatic carbocycles. The molecule has 22 heavy (non-hydrogen) atoms. The van der Waals surface area contributed by atoms with Gasteiger partial charge in [-0.3, -0.25) is 9.59 Å². The molecule has 0 heterocycles. The Hall–Kier alpha value is -1.71. The minimum atomic E-state index is -1.48. The Kier molecular flexibility index (Phi) is 8.61. The molecule has 0 aromatic carbocycles. The summed E-state index contributed by atoms with van der Waals surface area (Å²) in [7, 11) is 0. The van der Waals surface area contributed by atoms with Crippen LogP contribution in [0.4, 0.5) is 0 Å². The standard InChI is InChI=1S/C13H25N3O6/c1-4-6(2)9(15-11(19)8(14)5-17)12(20)16-10(7(3)18)13(21)22/h6-10,17-18H,4-5,14H2,1-3H3,(H,15,19)(H,16,20)(H,21,22)/t6-,7+,8-,9-,10-/m0/s1. The van der Waals surface area contributed by atoms with Gasteiger partial charge in [-0.2, -0.15) is 0 Å². The highest BCUT2D eigenvalue weighted by Crippen LogP contribution is 2.09. The Morgan fingerprint density at radius 2 is 1.59 bits per heavy atom. The van der Waals surface area contributed by atoms with E-state index in [1.807, 2.05) is 0 Å². The van der Waals surface area contributed by atoms with Crippen molar-refractivity contribution in [3.63, 3.8) is 0 Å². The van der Waals surface area contributed by atoms with Gasteiger partial charge < -0.3 is 31.7 Å². The third-order valence-corrected chi connectivity index (χ3v) is 3.37. The largest absolute Gasteiger partial charge is 0.480 e. The van der Waals surface area contributed by atoms with Gasteiger partial charge in [0.2, 0.25) is 11.8 Å². The number of carbonyl (C=O) groups is 3. The second-order valence-electron chi connectivity index (χ2n) is 5.23. The molecular formula is C13H25N3O6. The summed E-state index contributed by atoms with van der Waals surface area (Å²) >= 11 is 0. The van der Waals surface area contributed by atoms with E-state index in [1.54, 1.807) is 13.8 Å². The number of carboxylic acids is 1. The first kappa shape index (κ1) is 20.3. The highest BCUT2D eigenvalue weighted by molar-refractivity contribution is 5.92. The molecular weight excluding hydrogens is 294 g/mol. The average molecular weight is 319 g/mol. The first-order valence-electron chi connectivity index (χ1n) is 7.03. The molecule has 0 unspecified atom stereocenters. The van der Waals surface area contributed by atoms with Crippen LogP contribution in [0, 0.1) is 5.92 Å². The molecule has 2 amide bonds. The van der Waals surface area contributed by atoms with Gasteiger partial charge in [0, 0.05) is 0 Å². The lowest BCUT2D eigenvalue weighted by molar-refractivity contribution is -0.145. The SMILES string of the molecule is CC[C@H](C)[C@H](NC(=O)[C@@H](N)CO)C(=O)N[C@H](C(=O)O)[C@@H](C)O. The van der Waals surface area contributed by atoms with Crippen molar-refractivity contribution in [2.24, 2.45) is 11.7 Å². The summed E-state index contributed by atoms with van der Waals surface area (Å²) in [5, 5.41) is 31.8. The molecule has 0 radical (unpaired) electrons. The first-order valence-corrected chi connectivity index (χ1v) is 7.03. The zero-order valence-corrected chi connectivity index (χ0v) is 12.9. The quantitative estimate of drug-likeness (QED) is 0.280. The van der Waals surface area contributed by atoms with Crippen LogP contribution < -0.4 is 16.4 Å². The summed E-state index contributed by atoms with van der Waals surface area (Å²) in [6, 6.07) is -3.68. The van der Waals surface area contributed by atoms with Gasteiger partial charge in [-0.1, -0.05) is 20.3 Å². The number of amides is 2. The zero-order valence-electron chi connectivity index (χ0n) is 12.9. The Morgan fingerprint density at radius 3 is 1.95 bits per heavy atom. The van der Waals surface area contributed by atoms with Crippen LogP contribution in [0.15, 0.2) is 0 Å². The summed E-state index contributed by atoms with van der Waals surface area (Å²) < 4.78 is 0. The number of aliphatic carboxylic acids is 1. The van der Waals surface area contributed by atoms with Gasteiger partial charge in [-0.05, 0) is 12.8 Å². The summed E-state index contributed by atoms with van der Waals surface area (Å²) in [5.41, 5.74) is 5.38. The molecule has 0 bridgehead atoms. The van der Waals surface area contributed by atoms with Gasteiger partial charge in [0.25, 0.3) is 0 Å². The minimum absolute atomic E-state index is 0.293. The Morgan fingerprint density at radius 1 is 1.09 bits per heavy atom. The van der Waals surface area contributed by atoms with Crippen molar-refractivity contribution < 1.29 is 29.7 Å². The fraction of sp³-hybridized carbons (Fsp3) is 0.769. The molecule has 0 aliphatic heterocycles. The van der Waals surface area contributed by atoms with E-state index in [9.17, 15) is 19.5 Å². The molecule has 0 aromatic rings. The maximum atomic E-state index is 12.2. The lowest BCUT2D eigenvalue weighted by Crippen LogP contribution is -2.58. The van der Waals surface area contributed by atoms with Crippen molar-refractivity contribution in [2.45, 2.75) is 51.4 Å². The Balaban J connectivity index is 5.06. The molecule has 5 atom stereocenters. The second kappa shape index (κ2) is 9.34. The van der Waals surface area contributed by atoms with Crippen molar-refractivity contribution in [3.8, 4) is 0 Å². The number of carboxylic acid groups (broad SMARTS) is 1. The third-order valence-electron chi connectivity index (χ3n) is 3.37. The zero-order chi connectivity index (χ0) is 17.4. The van der Waals surface area contributed by atoms with E-state index in [2.05, 4.69) is 10.6 Å². The van der Waals surface area contributed by atoms with Gasteiger partial charge in [-0.25, -0.2) is 4.79 Å². The van der Waals surface area contributed by atoms with Crippen molar-refractivity contribution in [1.82, 2.24) is 10.6 Å². The van der Waals surface area contributed by atoms with Crippen LogP contribution in [-0.4, -0.2) is 63.9 Å². The van der Waals surface area contributed by atoms with Crippen LogP contribution in [0.3, 0.4) is 0 Å². The predicted molar refractivity (Wildman–Crippen MR) is 77.7 cm³/mol. The first-order chi connectivity index (χ1) is 10.1. The summed E-state index contributed by atoms with van der Waals surface area (Å²) in [5.74, 6) is -3.13. The summed E-state index contributed by atoms with van der Waals surface area (Å²) in [6.07, 6.45) is -0.756. The molecule has 128 valence electrons. The van der Waals surface area contributed by atoms with E-state index in [0.717, 1.165) is 0 Å². The van der Waals surface area contributed by atoms with E-state index in [0.29, 0.717) is 6.42 Å². The van der Waals surface area contributed by atoms with E-state index in [-0.39, 0.29) is 5.92 Å². The van der Waals surface area contributed by atoms with Crippen LogP contribution in [0.1, 0.15) is 27.2 Å². The van der Waals surface area contributed by atoms with Crippen LogP contribution >= 0.6 is 0 Å². The van der Waals surface area contributed by atoms with Crippen molar-refractivity contribution in [1.29, 1.82) is 0 Å². The molecule has 0 aliphatic rings. The number of nitrogens with two attached hydrogens (primary N) is 1. The number of hydrogen-bond acceptors (Lipinski definition) is 6. The summed E-state index contributed by atoms with van der Waals surface area (Å²) in [6.45, 7) is 4.16. The average Bonchev–Trinajstić information content (AvgIpc) is 2.47. The number of aliphatic hydroxyl groups excluding tert-OH is 2. The van der Waals surface area contributed by atoms with Gasteiger partial charge in [-0.15, -0.1) is 0 Å². The maximum Gasteiger partial charge on any atom is 0.328 e. The van der Waals surface area contributed by atoms with E-state index in [4.69, 9.17) is 15.9 Å². The molecule has 0 aromatic heterocycles.